The smallest absolute Gasteiger partial charge is 0.311 e. The molecule has 2 saturated heterocycles. The van der Waals surface area contributed by atoms with Gasteiger partial charge in [-0.1, -0.05) is 0 Å². The van der Waals surface area contributed by atoms with Crippen LogP contribution in [0.15, 0.2) is 24.3 Å². The summed E-state index contributed by atoms with van der Waals surface area (Å²) in [6.45, 7) is 9.12. The molecule has 1 aromatic rings. The van der Waals surface area contributed by atoms with E-state index in [0.29, 0.717) is 0 Å². The van der Waals surface area contributed by atoms with Crippen LogP contribution in [0.25, 0.3) is 0 Å². The molecule has 132 valence electrons. The first-order valence-electron chi connectivity index (χ1n) is 8.80. The number of methoxy groups -OCH3 is 1. The van der Waals surface area contributed by atoms with E-state index in [4.69, 9.17) is 9.47 Å². The van der Waals surface area contributed by atoms with Gasteiger partial charge < -0.3 is 14.4 Å². The van der Waals surface area contributed by atoms with Crippen molar-refractivity contribution in [3.8, 4) is 5.75 Å². The van der Waals surface area contributed by atoms with Crippen molar-refractivity contribution >= 4 is 11.7 Å². The zero-order chi connectivity index (χ0) is 17.2. The largest absolute Gasteiger partial charge is 0.497 e. The number of benzene rings is 1. The number of hydrogen-bond donors (Lipinski definition) is 0. The topological polar surface area (TPSA) is 42.0 Å². The highest BCUT2D eigenvalue weighted by Gasteiger charge is 2.41. The molecule has 2 aliphatic heterocycles. The molecule has 5 heteroatoms. The molecular formula is C19H28N2O3. The number of rotatable bonds is 5. The lowest BCUT2D eigenvalue weighted by Gasteiger charge is -2.36. The number of carbonyl (C=O) groups is 1. The Morgan fingerprint density at radius 2 is 1.83 bits per heavy atom. The van der Waals surface area contributed by atoms with Gasteiger partial charge in [0.05, 0.1) is 12.5 Å². The van der Waals surface area contributed by atoms with Crippen LogP contribution in [0.3, 0.4) is 0 Å². The molecule has 2 fully saturated rings. The summed E-state index contributed by atoms with van der Waals surface area (Å²) in [5.74, 6) is 0.850. The molecule has 0 aromatic heterocycles. The Morgan fingerprint density at radius 3 is 2.38 bits per heavy atom. The Morgan fingerprint density at radius 1 is 1.17 bits per heavy atom. The molecule has 2 aliphatic rings. The zero-order valence-corrected chi connectivity index (χ0v) is 15.0. The molecule has 5 nitrogen and oxygen atoms in total. The fourth-order valence-electron chi connectivity index (χ4n) is 3.52. The summed E-state index contributed by atoms with van der Waals surface area (Å²) in [5.41, 5.74) is 0.944. The molecule has 0 amide bonds. The molecule has 0 spiro atoms. The van der Waals surface area contributed by atoms with Crippen LogP contribution >= 0.6 is 0 Å². The van der Waals surface area contributed by atoms with Crippen molar-refractivity contribution in [2.45, 2.75) is 32.8 Å². The first-order valence-corrected chi connectivity index (χ1v) is 8.80. The third-order valence-electron chi connectivity index (χ3n) is 5.14. The molecule has 0 saturated carbocycles. The molecule has 0 unspecified atom stereocenters. The Labute approximate surface area is 144 Å². The van der Waals surface area contributed by atoms with E-state index >= 15 is 0 Å². The Balaban J connectivity index is 1.43. The number of hydrogen-bond acceptors (Lipinski definition) is 5. The average Bonchev–Trinajstić information content (AvgIpc) is 2.86. The van der Waals surface area contributed by atoms with Crippen molar-refractivity contribution in [2.24, 2.45) is 5.41 Å². The van der Waals surface area contributed by atoms with E-state index < -0.39 is 0 Å². The second kappa shape index (κ2) is 7.01. The van der Waals surface area contributed by atoms with E-state index in [-0.39, 0.29) is 17.5 Å². The van der Waals surface area contributed by atoms with Crippen LogP contribution in [0.5, 0.6) is 5.75 Å². The number of cyclic esters (lactones) is 1. The lowest BCUT2D eigenvalue weighted by molar-refractivity contribution is -0.147. The van der Waals surface area contributed by atoms with E-state index in [0.717, 1.165) is 51.3 Å². The Hall–Kier alpha value is -1.75. The van der Waals surface area contributed by atoms with Gasteiger partial charge in [-0.2, -0.15) is 0 Å². The summed E-state index contributed by atoms with van der Waals surface area (Å²) in [7, 11) is 1.69. The van der Waals surface area contributed by atoms with Gasteiger partial charge in [0, 0.05) is 38.4 Å². The second-order valence-electron chi connectivity index (χ2n) is 7.43. The monoisotopic (exact) mass is 332 g/mol. The minimum atomic E-state index is -0.308. The third-order valence-corrected chi connectivity index (χ3v) is 5.14. The van der Waals surface area contributed by atoms with Gasteiger partial charge in [-0.15, -0.1) is 0 Å². The first kappa shape index (κ1) is 17.1. The summed E-state index contributed by atoms with van der Waals surface area (Å²) in [6, 6.07) is 8.26. The van der Waals surface area contributed by atoms with Crippen molar-refractivity contribution in [3.63, 3.8) is 0 Å². The van der Waals surface area contributed by atoms with Crippen LogP contribution in [-0.2, 0) is 9.53 Å². The molecule has 0 bridgehead atoms. The molecule has 24 heavy (non-hydrogen) atoms. The molecule has 0 radical (unpaired) electrons. The lowest BCUT2D eigenvalue weighted by Crippen LogP contribution is -2.47. The number of piperazine rings is 1. The van der Waals surface area contributed by atoms with E-state index in [1.54, 1.807) is 7.11 Å². The highest BCUT2D eigenvalue weighted by Crippen LogP contribution is 2.34. The van der Waals surface area contributed by atoms with Crippen molar-refractivity contribution < 1.29 is 14.3 Å². The summed E-state index contributed by atoms with van der Waals surface area (Å²) >= 11 is 0. The number of nitrogens with zero attached hydrogens (tertiary/aromatic N) is 2. The van der Waals surface area contributed by atoms with Crippen molar-refractivity contribution in [3.05, 3.63) is 24.3 Å². The molecule has 3 rings (SSSR count). The van der Waals surface area contributed by atoms with Crippen LogP contribution in [-0.4, -0.2) is 56.8 Å². The van der Waals surface area contributed by atoms with E-state index in [9.17, 15) is 4.79 Å². The Kier molecular flexibility index (Phi) is 4.99. The number of ether oxygens (including phenoxy) is 2. The highest BCUT2D eigenvalue weighted by atomic mass is 16.6. The summed E-state index contributed by atoms with van der Waals surface area (Å²) in [6.07, 6.45) is 1.88. The van der Waals surface area contributed by atoms with Crippen LogP contribution < -0.4 is 9.64 Å². The normalized spacial score (nSPS) is 24.0. The standard InChI is InChI=1S/C19H28N2O3/c1-19(2)14-17(24-18(19)22)8-9-20-10-12-21(13-11-20)15-4-6-16(23-3)7-5-15/h4-7,17H,8-14H2,1-3H3/t17-/m1/s1. The maximum atomic E-state index is 11.8. The lowest BCUT2D eigenvalue weighted by atomic mass is 9.89. The average molecular weight is 332 g/mol. The van der Waals surface area contributed by atoms with Crippen LogP contribution in [0.1, 0.15) is 26.7 Å². The van der Waals surface area contributed by atoms with Gasteiger partial charge in [-0.05, 0) is 51.0 Å². The van der Waals surface area contributed by atoms with Crippen molar-refractivity contribution in [2.75, 3.05) is 44.7 Å². The van der Waals surface area contributed by atoms with Crippen LogP contribution in [0.4, 0.5) is 5.69 Å². The SMILES string of the molecule is COc1ccc(N2CCN(CC[C@@H]3CC(C)(C)C(=O)O3)CC2)cc1. The molecular weight excluding hydrogens is 304 g/mol. The maximum absolute atomic E-state index is 11.8. The zero-order valence-electron chi connectivity index (χ0n) is 15.0. The summed E-state index contributed by atoms with van der Waals surface area (Å²) in [5, 5.41) is 0. The van der Waals surface area contributed by atoms with Crippen molar-refractivity contribution in [1.29, 1.82) is 0 Å². The van der Waals surface area contributed by atoms with Gasteiger partial charge in [0.25, 0.3) is 0 Å². The van der Waals surface area contributed by atoms with Gasteiger partial charge in [0.15, 0.2) is 0 Å². The summed E-state index contributed by atoms with van der Waals surface area (Å²) < 4.78 is 10.7. The molecule has 0 N–H and O–H groups in total. The predicted molar refractivity (Wildman–Crippen MR) is 94.5 cm³/mol. The molecule has 1 aromatic carbocycles. The fourth-order valence-corrected chi connectivity index (χ4v) is 3.52. The molecule has 1 atom stereocenters. The van der Waals surface area contributed by atoms with Gasteiger partial charge in [0.1, 0.15) is 11.9 Å². The van der Waals surface area contributed by atoms with Crippen molar-refractivity contribution in [1.82, 2.24) is 4.90 Å². The maximum Gasteiger partial charge on any atom is 0.311 e. The van der Waals surface area contributed by atoms with Gasteiger partial charge in [-0.3, -0.25) is 9.69 Å². The molecule has 0 aliphatic carbocycles. The molecule has 2 heterocycles. The van der Waals surface area contributed by atoms with Gasteiger partial charge in [-0.25, -0.2) is 0 Å². The summed E-state index contributed by atoms with van der Waals surface area (Å²) in [4.78, 5) is 16.6. The second-order valence-corrected chi connectivity index (χ2v) is 7.43. The fraction of sp³-hybridized carbons (Fsp3) is 0.632. The van der Waals surface area contributed by atoms with Gasteiger partial charge in [0.2, 0.25) is 0 Å². The highest BCUT2D eigenvalue weighted by molar-refractivity contribution is 5.78. The minimum Gasteiger partial charge on any atom is -0.497 e. The van der Waals surface area contributed by atoms with E-state index in [1.807, 2.05) is 26.0 Å². The minimum absolute atomic E-state index is 0.0446. The number of esters is 1. The third kappa shape index (κ3) is 3.83. The number of anilines is 1. The number of carbonyl (C=O) groups excluding carboxylic acids is 1. The first-order chi connectivity index (χ1) is 11.5. The quantitative estimate of drug-likeness (QED) is 0.775. The van der Waals surface area contributed by atoms with E-state index in [1.165, 1.54) is 5.69 Å². The predicted octanol–water partition coefficient (Wildman–Crippen LogP) is 2.55. The Bertz CT molecular complexity index is 562. The van der Waals surface area contributed by atoms with Crippen LogP contribution in [0.2, 0.25) is 0 Å². The van der Waals surface area contributed by atoms with Crippen LogP contribution in [0, 0.1) is 5.41 Å². The van der Waals surface area contributed by atoms with Gasteiger partial charge >= 0.3 is 5.97 Å². The van der Waals surface area contributed by atoms with E-state index in [2.05, 4.69) is 21.9 Å².